The van der Waals surface area contributed by atoms with Gasteiger partial charge in [-0.2, -0.15) is 0 Å². The molecule has 0 aliphatic heterocycles. The molecule has 6 heteroatoms. The minimum atomic E-state index is -0.0528. The standard InChI is InChI=1S/C23H30BrN3O2/c1-16(28)26-20-8-3-17(4-9-20)14-27(21-10-6-19(25)7-11-21)15-18-5-12-23(29-2)22(24)13-18/h3-5,8-9,12-13,19,21H,6-7,10-11,14-15,25H2,1-2H3,(H,26,28). The Morgan fingerprint density at radius 3 is 2.31 bits per heavy atom. The number of rotatable bonds is 7. The number of hydrogen-bond donors (Lipinski definition) is 2. The van der Waals surface area contributed by atoms with Crippen molar-refractivity contribution >= 4 is 27.5 Å². The quantitative estimate of drug-likeness (QED) is 0.629. The van der Waals surface area contributed by atoms with Crippen molar-refractivity contribution in [1.29, 1.82) is 0 Å². The number of benzene rings is 2. The van der Waals surface area contributed by atoms with E-state index in [1.807, 2.05) is 18.2 Å². The first-order valence-electron chi connectivity index (χ1n) is 10.1. The van der Waals surface area contributed by atoms with Crippen LogP contribution in [0.1, 0.15) is 43.7 Å². The highest BCUT2D eigenvalue weighted by atomic mass is 79.9. The van der Waals surface area contributed by atoms with Gasteiger partial charge in [-0.1, -0.05) is 18.2 Å². The van der Waals surface area contributed by atoms with E-state index in [9.17, 15) is 4.79 Å². The first-order valence-corrected chi connectivity index (χ1v) is 10.9. The van der Waals surface area contributed by atoms with Gasteiger partial charge in [-0.25, -0.2) is 0 Å². The van der Waals surface area contributed by atoms with E-state index >= 15 is 0 Å². The number of amides is 1. The number of ether oxygens (including phenoxy) is 1. The lowest BCUT2D eigenvalue weighted by molar-refractivity contribution is -0.114. The number of nitrogens with zero attached hydrogens (tertiary/aromatic N) is 1. The Kier molecular flexibility index (Phi) is 7.70. The Morgan fingerprint density at radius 1 is 1.10 bits per heavy atom. The van der Waals surface area contributed by atoms with Crippen molar-refractivity contribution in [3.63, 3.8) is 0 Å². The Hall–Kier alpha value is -1.89. The smallest absolute Gasteiger partial charge is 0.221 e. The molecule has 2 aromatic carbocycles. The third-order valence-corrected chi connectivity index (χ3v) is 6.14. The van der Waals surface area contributed by atoms with E-state index in [1.54, 1.807) is 7.11 Å². The summed E-state index contributed by atoms with van der Waals surface area (Å²) in [4.78, 5) is 13.8. The molecule has 0 bridgehead atoms. The summed E-state index contributed by atoms with van der Waals surface area (Å²) in [6.07, 6.45) is 4.41. The summed E-state index contributed by atoms with van der Waals surface area (Å²) in [6, 6.07) is 15.3. The molecular weight excluding hydrogens is 430 g/mol. The Morgan fingerprint density at radius 2 is 1.72 bits per heavy atom. The van der Waals surface area contributed by atoms with Crippen molar-refractivity contribution in [3.8, 4) is 5.75 Å². The van der Waals surface area contributed by atoms with E-state index in [2.05, 4.69) is 50.4 Å². The summed E-state index contributed by atoms with van der Waals surface area (Å²) < 4.78 is 6.34. The zero-order valence-electron chi connectivity index (χ0n) is 17.2. The molecule has 0 spiro atoms. The van der Waals surface area contributed by atoms with Gasteiger partial charge in [0, 0.05) is 37.8 Å². The molecule has 1 aliphatic carbocycles. The van der Waals surface area contributed by atoms with Crippen LogP contribution in [0.15, 0.2) is 46.9 Å². The van der Waals surface area contributed by atoms with Gasteiger partial charge < -0.3 is 15.8 Å². The molecule has 3 rings (SSSR count). The summed E-state index contributed by atoms with van der Waals surface area (Å²) in [5.41, 5.74) is 9.46. The van der Waals surface area contributed by atoms with Crippen molar-refractivity contribution in [2.45, 2.75) is 57.8 Å². The average molecular weight is 460 g/mol. The molecular formula is C23H30BrN3O2. The minimum absolute atomic E-state index is 0.0528. The molecule has 1 saturated carbocycles. The van der Waals surface area contributed by atoms with Crippen LogP contribution >= 0.6 is 15.9 Å². The molecule has 3 N–H and O–H groups in total. The maximum Gasteiger partial charge on any atom is 0.221 e. The van der Waals surface area contributed by atoms with Crippen LogP contribution in [-0.2, 0) is 17.9 Å². The molecule has 156 valence electrons. The number of anilines is 1. The second-order valence-electron chi connectivity index (χ2n) is 7.82. The molecule has 2 aromatic rings. The minimum Gasteiger partial charge on any atom is -0.496 e. The average Bonchev–Trinajstić information content (AvgIpc) is 2.69. The maximum absolute atomic E-state index is 11.2. The largest absolute Gasteiger partial charge is 0.496 e. The molecule has 0 atom stereocenters. The SMILES string of the molecule is COc1ccc(CN(Cc2ccc(NC(C)=O)cc2)C2CCC(N)CC2)cc1Br. The Labute approximate surface area is 181 Å². The molecule has 0 heterocycles. The van der Waals surface area contributed by atoms with Crippen LogP contribution in [0.5, 0.6) is 5.75 Å². The lowest BCUT2D eigenvalue weighted by Crippen LogP contribution is -2.40. The van der Waals surface area contributed by atoms with Gasteiger partial charge in [0.15, 0.2) is 0 Å². The van der Waals surface area contributed by atoms with Gasteiger partial charge in [0.2, 0.25) is 5.91 Å². The summed E-state index contributed by atoms with van der Waals surface area (Å²) in [5.74, 6) is 0.792. The normalized spacial score (nSPS) is 19.2. The number of methoxy groups -OCH3 is 1. The number of nitrogens with one attached hydrogen (secondary N) is 1. The molecule has 5 nitrogen and oxygen atoms in total. The molecule has 1 fully saturated rings. The fraction of sp³-hybridized carbons (Fsp3) is 0.435. The van der Waals surface area contributed by atoms with Gasteiger partial charge >= 0.3 is 0 Å². The summed E-state index contributed by atoms with van der Waals surface area (Å²) >= 11 is 3.60. The van der Waals surface area contributed by atoms with Gasteiger partial charge in [-0.3, -0.25) is 9.69 Å². The first kappa shape index (κ1) is 21.8. The van der Waals surface area contributed by atoms with Crippen LogP contribution < -0.4 is 15.8 Å². The lowest BCUT2D eigenvalue weighted by Gasteiger charge is -2.36. The van der Waals surface area contributed by atoms with E-state index in [0.717, 1.165) is 54.7 Å². The second kappa shape index (κ2) is 10.2. The van der Waals surface area contributed by atoms with Crippen molar-refractivity contribution in [2.24, 2.45) is 5.73 Å². The van der Waals surface area contributed by atoms with Gasteiger partial charge in [0.25, 0.3) is 0 Å². The van der Waals surface area contributed by atoms with E-state index in [1.165, 1.54) is 18.1 Å². The van der Waals surface area contributed by atoms with E-state index in [0.29, 0.717) is 12.1 Å². The van der Waals surface area contributed by atoms with E-state index in [-0.39, 0.29) is 5.91 Å². The maximum atomic E-state index is 11.2. The van der Waals surface area contributed by atoms with Crippen LogP contribution in [0.4, 0.5) is 5.69 Å². The Bertz CT molecular complexity index is 817. The molecule has 0 unspecified atom stereocenters. The third kappa shape index (κ3) is 6.29. The number of carbonyl (C=O) groups excluding carboxylic acids is 1. The number of halogens is 1. The van der Waals surface area contributed by atoms with Crippen LogP contribution in [-0.4, -0.2) is 30.0 Å². The summed E-state index contributed by atoms with van der Waals surface area (Å²) in [7, 11) is 1.68. The second-order valence-corrected chi connectivity index (χ2v) is 8.67. The molecule has 0 aromatic heterocycles. The fourth-order valence-corrected chi connectivity index (χ4v) is 4.54. The molecule has 0 radical (unpaired) electrons. The van der Waals surface area contributed by atoms with Gasteiger partial charge in [0.1, 0.15) is 5.75 Å². The third-order valence-electron chi connectivity index (χ3n) is 5.52. The lowest BCUT2D eigenvalue weighted by atomic mass is 9.90. The highest BCUT2D eigenvalue weighted by Gasteiger charge is 2.24. The van der Waals surface area contributed by atoms with Crippen LogP contribution in [0.3, 0.4) is 0 Å². The van der Waals surface area contributed by atoms with Crippen LogP contribution in [0, 0.1) is 0 Å². The molecule has 0 saturated heterocycles. The van der Waals surface area contributed by atoms with Crippen molar-refractivity contribution in [1.82, 2.24) is 4.90 Å². The van der Waals surface area contributed by atoms with Gasteiger partial charge in [-0.15, -0.1) is 0 Å². The fourth-order valence-electron chi connectivity index (χ4n) is 3.95. The topological polar surface area (TPSA) is 67.6 Å². The predicted molar refractivity (Wildman–Crippen MR) is 121 cm³/mol. The number of nitrogens with two attached hydrogens (primary N) is 1. The van der Waals surface area contributed by atoms with E-state index < -0.39 is 0 Å². The molecule has 1 aliphatic rings. The zero-order chi connectivity index (χ0) is 20.8. The highest BCUT2D eigenvalue weighted by Crippen LogP contribution is 2.29. The van der Waals surface area contributed by atoms with Gasteiger partial charge in [0.05, 0.1) is 11.6 Å². The number of carbonyl (C=O) groups is 1. The highest BCUT2D eigenvalue weighted by molar-refractivity contribution is 9.10. The van der Waals surface area contributed by atoms with Crippen LogP contribution in [0.2, 0.25) is 0 Å². The summed E-state index contributed by atoms with van der Waals surface area (Å²) in [6.45, 7) is 3.26. The Balaban J connectivity index is 1.75. The predicted octanol–water partition coefficient (Wildman–Crippen LogP) is 4.69. The van der Waals surface area contributed by atoms with Crippen molar-refractivity contribution in [2.75, 3.05) is 12.4 Å². The first-order chi connectivity index (χ1) is 13.9. The van der Waals surface area contributed by atoms with Crippen LogP contribution in [0.25, 0.3) is 0 Å². The van der Waals surface area contributed by atoms with E-state index in [4.69, 9.17) is 10.5 Å². The monoisotopic (exact) mass is 459 g/mol. The van der Waals surface area contributed by atoms with Gasteiger partial charge in [-0.05, 0) is 77.0 Å². The molecule has 1 amide bonds. The van der Waals surface area contributed by atoms with Crippen molar-refractivity contribution < 1.29 is 9.53 Å². The molecule has 29 heavy (non-hydrogen) atoms. The van der Waals surface area contributed by atoms with Crippen molar-refractivity contribution in [3.05, 3.63) is 58.1 Å². The summed E-state index contributed by atoms with van der Waals surface area (Å²) in [5, 5.41) is 2.83. The number of hydrogen-bond acceptors (Lipinski definition) is 4. The zero-order valence-corrected chi connectivity index (χ0v) is 18.7.